The summed E-state index contributed by atoms with van der Waals surface area (Å²) in [4.78, 5) is 4.26. The average Bonchev–Trinajstić information content (AvgIpc) is 2.52. The molecule has 0 radical (unpaired) electrons. The van der Waals surface area contributed by atoms with Gasteiger partial charge in [-0.15, -0.1) is 0 Å². The number of aryl methyl sites for hydroxylation is 2. The predicted octanol–water partition coefficient (Wildman–Crippen LogP) is 2.55. The molecule has 1 aromatic carbocycles. The van der Waals surface area contributed by atoms with Crippen molar-refractivity contribution >= 4 is 15.7 Å². The van der Waals surface area contributed by atoms with Gasteiger partial charge < -0.3 is 0 Å². The first-order chi connectivity index (χ1) is 10.6. The second-order valence-electron chi connectivity index (χ2n) is 5.34. The Morgan fingerprint density at radius 1 is 1.23 bits per heavy atom. The highest BCUT2D eigenvalue weighted by Crippen LogP contribution is 2.27. The summed E-state index contributed by atoms with van der Waals surface area (Å²) in [5, 5.41) is 0. The molecule has 4 nitrogen and oxygen atoms in total. The Hall–Kier alpha value is -1.95. The van der Waals surface area contributed by atoms with Gasteiger partial charge in [0.05, 0.1) is 17.1 Å². The van der Waals surface area contributed by atoms with Crippen molar-refractivity contribution in [1.29, 1.82) is 0 Å². The third kappa shape index (κ3) is 3.11. The van der Waals surface area contributed by atoms with Gasteiger partial charge in [-0.05, 0) is 49.1 Å². The molecule has 116 valence electrons. The Morgan fingerprint density at radius 2 is 2.09 bits per heavy atom. The van der Waals surface area contributed by atoms with Crippen molar-refractivity contribution in [3.8, 4) is 0 Å². The van der Waals surface area contributed by atoms with E-state index in [2.05, 4.69) is 4.98 Å². The van der Waals surface area contributed by atoms with Crippen LogP contribution in [-0.2, 0) is 22.9 Å². The summed E-state index contributed by atoms with van der Waals surface area (Å²) >= 11 is 0. The maximum absolute atomic E-state index is 13.2. The Morgan fingerprint density at radius 3 is 2.91 bits per heavy atom. The van der Waals surface area contributed by atoms with Gasteiger partial charge in [0.15, 0.2) is 0 Å². The van der Waals surface area contributed by atoms with Crippen LogP contribution in [0.1, 0.15) is 17.7 Å². The maximum Gasteiger partial charge on any atom is 0.235 e. The number of hydrogen-bond donors (Lipinski definition) is 0. The summed E-state index contributed by atoms with van der Waals surface area (Å²) in [6.45, 7) is 0.476. The zero-order valence-electron chi connectivity index (χ0n) is 12.1. The zero-order chi connectivity index (χ0) is 15.6. The Kier molecular flexibility index (Phi) is 4.11. The third-order valence-corrected chi connectivity index (χ3v) is 5.55. The second-order valence-corrected chi connectivity index (χ2v) is 7.35. The lowest BCUT2D eigenvalue weighted by Gasteiger charge is -2.29. The second kappa shape index (κ2) is 6.04. The molecule has 22 heavy (non-hydrogen) atoms. The molecule has 1 aliphatic rings. The molecule has 1 aliphatic heterocycles. The van der Waals surface area contributed by atoms with Crippen molar-refractivity contribution in [2.75, 3.05) is 16.6 Å². The molecular weight excluding hydrogens is 303 g/mol. The summed E-state index contributed by atoms with van der Waals surface area (Å²) in [7, 11) is -3.44. The van der Waals surface area contributed by atoms with Crippen LogP contribution in [0.5, 0.6) is 0 Å². The molecule has 1 aromatic heterocycles. The van der Waals surface area contributed by atoms with Crippen LogP contribution >= 0.6 is 0 Å². The normalized spacial score (nSPS) is 14.7. The van der Waals surface area contributed by atoms with E-state index in [1.165, 1.54) is 16.4 Å². The number of anilines is 1. The van der Waals surface area contributed by atoms with E-state index in [0.717, 1.165) is 18.5 Å². The number of nitrogens with zero attached hydrogens (tertiary/aromatic N) is 2. The molecule has 0 saturated heterocycles. The Bertz CT molecular complexity index is 777. The highest BCUT2D eigenvalue weighted by molar-refractivity contribution is 7.92. The molecule has 6 heteroatoms. The van der Waals surface area contributed by atoms with Gasteiger partial charge in [0, 0.05) is 12.7 Å². The van der Waals surface area contributed by atoms with E-state index in [1.807, 2.05) is 0 Å². The zero-order valence-corrected chi connectivity index (χ0v) is 12.9. The van der Waals surface area contributed by atoms with Crippen molar-refractivity contribution in [3.63, 3.8) is 0 Å². The topological polar surface area (TPSA) is 50.3 Å². The van der Waals surface area contributed by atoms with Gasteiger partial charge >= 0.3 is 0 Å². The molecule has 0 saturated carbocycles. The lowest BCUT2D eigenvalue weighted by Crippen LogP contribution is -2.37. The minimum absolute atomic E-state index is 0.0369. The van der Waals surface area contributed by atoms with E-state index in [9.17, 15) is 12.8 Å². The van der Waals surface area contributed by atoms with E-state index in [-0.39, 0.29) is 11.6 Å². The van der Waals surface area contributed by atoms with Crippen LogP contribution in [0.25, 0.3) is 0 Å². The molecule has 0 spiro atoms. The molecule has 0 bridgehead atoms. The smallest absolute Gasteiger partial charge is 0.235 e. The number of halogens is 1. The monoisotopic (exact) mass is 320 g/mol. The van der Waals surface area contributed by atoms with E-state index < -0.39 is 10.0 Å². The van der Waals surface area contributed by atoms with Gasteiger partial charge in [0.25, 0.3) is 0 Å². The first-order valence-electron chi connectivity index (χ1n) is 7.25. The average molecular weight is 320 g/mol. The van der Waals surface area contributed by atoms with Crippen molar-refractivity contribution in [2.45, 2.75) is 19.3 Å². The number of aromatic nitrogens is 1. The summed E-state index contributed by atoms with van der Waals surface area (Å²) < 4.78 is 39.8. The molecule has 3 rings (SSSR count). The number of pyridine rings is 1. The number of benzene rings is 1. The van der Waals surface area contributed by atoms with Crippen molar-refractivity contribution in [1.82, 2.24) is 4.98 Å². The van der Waals surface area contributed by atoms with E-state index >= 15 is 0 Å². The number of sulfonamides is 1. The van der Waals surface area contributed by atoms with Crippen molar-refractivity contribution in [2.24, 2.45) is 0 Å². The van der Waals surface area contributed by atoms with Gasteiger partial charge in [-0.25, -0.2) is 12.8 Å². The maximum atomic E-state index is 13.2. The fourth-order valence-corrected chi connectivity index (χ4v) is 4.29. The molecule has 0 amide bonds. The predicted molar refractivity (Wildman–Crippen MR) is 83.8 cm³/mol. The lowest BCUT2D eigenvalue weighted by molar-refractivity contribution is 0.584. The number of rotatable bonds is 4. The first-order valence-corrected chi connectivity index (χ1v) is 8.86. The van der Waals surface area contributed by atoms with Crippen LogP contribution in [0.3, 0.4) is 0 Å². The standard InChI is InChI=1S/C16H17FN2O2S/c17-14-5-1-4-13(12-14)8-11-22(20,21)19-10-3-6-15-16(19)7-2-9-18-15/h1-2,4-5,7,9,12H,3,6,8,10-11H2. The summed E-state index contributed by atoms with van der Waals surface area (Å²) in [5.74, 6) is -0.382. The molecule has 0 unspecified atom stereocenters. The first kappa shape index (κ1) is 15.0. The number of hydrogen-bond acceptors (Lipinski definition) is 3. The SMILES string of the molecule is O=S(=O)(CCc1cccc(F)c1)N1CCCc2ncccc21. The fraction of sp³-hybridized carbons (Fsp3) is 0.312. The van der Waals surface area contributed by atoms with Crippen LogP contribution in [-0.4, -0.2) is 25.7 Å². The number of fused-ring (bicyclic) bond motifs is 1. The van der Waals surface area contributed by atoms with Crippen molar-refractivity contribution in [3.05, 3.63) is 59.7 Å². The summed E-state index contributed by atoms with van der Waals surface area (Å²) in [6, 6.07) is 9.61. The van der Waals surface area contributed by atoms with Gasteiger partial charge in [0.1, 0.15) is 5.82 Å². The van der Waals surface area contributed by atoms with Crippen LogP contribution < -0.4 is 4.31 Å². The molecule has 0 fully saturated rings. The van der Waals surface area contributed by atoms with Gasteiger partial charge in [-0.2, -0.15) is 0 Å². The van der Waals surface area contributed by atoms with Crippen LogP contribution in [0.15, 0.2) is 42.6 Å². The largest absolute Gasteiger partial charge is 0.268 e. The molecule has 0 aliphatic carbocycles. The lowest BCUT2D eigenvalue weighted by atomic mass is 10.1. The minimum Gasteiger partial charge on any atom is -0.268 e. The van der Waals surface area contributed by atoms with E-state index in [4.69, 9.17) is 0 Å². The minimum atomic E-state index is -3.44. The fourth-order valence-electron chi connectivity index (χ4n) is 2.70. The van der Waals surface area contributed by atoms with Gasteiger partial charge in [-0.3, -0.25) is 9.29 Å². The summed E-state index contributed by atoms with van der Waals surface area (Å²) in [6.07, 6.45) is 3.54. The Balaban J connectivity index is 1.79. The molecular formula is C16H17FN2O2S. The highest BCUT2D eigenvalue weighted by Gasteiger charge is 2.27. The Labute approximate surface area is 129 Å². The van der Waals surface area contributed by atoms with E-state index in [0.29, 0.717) is 24.2 Å². The highest BCUT2D eigenvalue weighted by atomic mass is 32.2. The molecule has 0 atom stereocenters. The van der Waals surface area contributed by atoms with Crippen LogP contribution in [0.4, 0.5) is 10.1 Å². The quantitative estimate of drug-likeness (QED) is 0.870. The van der Waals surface area contributed by atoms with Crippen LogP contribution in [0.2, 0.25) is 0 Å². The van der Waals surface area contributed by atoms with E-state index in [1.54, 1.807) is 30.5 Å². The van der Waals surface area contributed by atoms with Gasteiger partial charge in [0.2, 0.25) is 10.0 Å². The summed E-state index contributed by atoms with van der Waals surface area (Å²) in [5.41, 5.74) is 2.18. The molecule has 2 heterocycles. The molecule has 0 N–H and O–H groups in total. The van der Waals surface area contributed by atoms with Crippen LogP contribution in [0, 0.1) is 5.82 Å². The van der Waals surface area contributed by atoms with Gasteiger partial charge in [-0.1, -0.05) is 12.1 Å². The third-order valence-electron chi connectivity index (χ3n) is 3.78. The molecule has 2 aromatic rings. The van der Waals surface area contributed by atoms with Crippen molar-refractivity contribution < 1.29 is 12.8 Å².